The number of nitro groups is 1. The third-order valence-electron chi connectivity index (χ3n) is 5.52. The van der Waals surface area contributed by atoms with Crippen LogP contribution >= 0.6 is 0 Å². The first-order valence-corrected chi connectivity index (χ1v) is 10.3. The van der Waals surface area contributed by atoms with Crippen molar-refractivity contribution in [2.24, 2.45) is 0 Å². The molecule has 2 heterocycles. The molecule has 0 fully saturated rings. The molecule has 2 aromatic heterocycles. The Morgan fingerprint density at radius 2 is 1.79 bits per heavy atom. The van der Waals surface area contributed by atoms with Crippen LogP contribution in [0, 0.1) is 10.1 Å². The number of ether oxygens (including phenoxy) is 1. The van der Waals surface area contributed by atoms with Gasteiger partial charge >= 0.3 is 0 Å². The van der Waals surface area contributed by atoms with Crippen LogP contribution in [0.1, 0.15) is 5.56 Å². The molecule has 0 atom stereocenters. The zero-order valence-electron chi connectivity index (χ0n) is 17.9. The molecular formula is C25H17N3O6. The van der Waals surface area contributed by atoms with Crippen LogP contribution in [0.25, 0.3) is 33.5 Å². The number of para-hydroxylation sites is 1. The van der Waals surface area contributed by atoms with Gasteiger partial charge in [-0.3, -0.25) is 24.3 Å². The summed E-state index contributed by atoms with van der Waals surface area (Å²) in [6.45, 7) is 0.0794. The van der Waals surface area contributed by atoms with E-state index in [0.717, 1.165) is 5.56 Å². The number of hydrogen-bond acceptors (Lipinski definition) is 7. The van der Waals surface area contributed by atoms with Gasteiger partial charge < -0.3 is 9.15 Å². The topological polar surface area (TPSA) is 117 Å². The van der Waals surface area contributed by atoms with Crippen LogP contribution in [0.15, 0.2) is 86.8 Å². The van der Waals surface area contributed by atoms with E-state index in [2.05, 4.69) is 4.98 Å². The summed E-state index contributed by atoms with van der Waals surface area (Å²) in [7, 11) is 1.55. The van der Waals surface area contributed by atoms with Crippen molar-refractivity contribution in [1.29, 1.82) is 0 Å². The maximum Gasteiger partial charge on any atom is 0.270 e. The summed E-state index contributed by atoms with van der Waals surface area (Å²) >= 11 is 0. The van der Waals surface area contributed by atoms with Crippen molar-refractivity contribution in [3.8, 4) is 17.1 Å². The van der Waals surface area contributed by atoms with Crippen LogP contribution in [0.4, 0.5) is 5.69 Å². The highest BCUT2D eigenvalue weighted by atomic mass is 16.6. The Morgan fingerprint density at radius 1 is 1.03 bits per heavy atom. The van der Waals surface area contributed by atoms with Crippen LogP contribution in [0.5, 0.6) is 5.75 Å². The lowest BCUT2D eigenvalue weighted by atomic mass is 10.1. The van der Waals surface area contributed by atoms with Crippen molar-refractivity contribution >= 4 is 27.8 Å². The second-order valence-corrected chi connectivity index (χ2v) is 7.59. The van der Waals surface area contributed by atoms with Gasteiger partial charge in [-0.1, -0.05) is 36.4 Å². The molecule has 9 nitrogen and oxygen atoms in total. The van der Waals surface area contributed by atoms with Crippen LogP contribution in [-0.2, 0) is 6.54 Å². The van der Waals surface area contributed by atoms with Crippen LogP contribution < -0.4 is 15.7 Å². The molecule has 34 heavy (non-hydrogen) atoms. The van der Waals surface area contributed by atoms with Gasteiger partial charge in [0.25, 0.3) is 11.2 Å². The Balaban J connectivity index is 1.82. The van der Waals surface area contributed by atoms with Gasteiger partial charge in [-0.05, 0) is 29.8 Å². The average Bonchev–Trinajstić information content (AvgIpc) is 2.86. The third kappa shape index (κ3) is 3.58. The summed E-state index contributed by atoms with van der Waals surface area (Å²) in [6.07, 6.45) is 0. The van der Waals surface area contributed by atoms with Gasteiger partial charge in [-0.2, -0.15) is 4.98 Å². The molecule has 168 valence electrons. The number of aromatic nitrogens is 2. The van der Waals surface area contributed by atoms with Crippen molar-refractivity contribution < 1.29 is 14.1 Å². The van der Waals surface area contributed by atoms with Crippen LogP contribution in [0.2, 0.25) is 0 Å². The molecule has 0 aliphatic carbocycles. The summed E-state index contributed by atoms with van der Waals surface area (Å²) < 4.78 is 12.3. The number of fused-ring (bicyclic) bond motifs is 2. The summed E-state index contributed by atoms with van der Waals surface area (Å²) in [4.78, 5) is 42.1. The molecule has 0 unspecified atom stereocenters. The highest BCUT2D eigenvalue weighted by Crippen LogP contribution is 2.25. The first-order chi connectivity index (χ1) is 16.5. The van der Waals surface area contributed by atoms with E-state index in [9.17, 15) is 19.7 Å². The van der Waals surface area contributed by atoms with Gasteiger partial charge in [0.15, 0.2) is 5.39 Å². The van der Waals surface area contributed by atoms with E-state index in [0.29, 0.717) is 16.9 Å². The molecule has 0 amide bonds. The van der Waals surface area contributed by atoms with Crippen molar-refractivity contribution in [3.05, 3.63) is 109 Å². The number of nitrogens with zero attached hydrogens (tertiary/aromatic N) is 3. The fraction of sp³-hybridized carbons (Fsp3) is 0.0800. The zero-order valence-corrected chi connectivity index (χ0v) is 17.9. The fourth-order valence-electron chi connectivity index (χ4n) is 3.82. The van der Waals surface area contributed by atoms with Crippen molar-refractivity contribution in [3.63, 3.8) is 0 Å². The number of nitro benzene ring substituents is 1. The number of rotatable bonds is 5. The van der Waals surface area contributed by atoms with E-state index in [1.165, 1.54) is 22.8 Å². The molecule has 0 aliphatic rings. The van der Waals surface area contributed by atoms with Crippen molar-refractivity contribution in [2.75, 3.05) is 7.11 Å². The minimum Gasteiger partial charge on any atom is -0.497 e. The molecule has 0 spiro atoms. The number of benzene rings is 3. The van der Waals surface area contributed by atoms with Gasteiger partial charge in [0.05, 0.1) is 24.0 Å². The number of methoxy groups -OCH3 is 1. The van der Waals surface area contributed by atoms with Crippen molar-refractivity contribution in [2.45, 2.75) is 6.54 Å². The second-order valence-electron chi connectivity index (χ2n) is 7.59. The van der Waals surface area contributed by atoms with Gasteiger partial charge in [-0.25, -0.2) is 0 Å². The lowest BCUT2D eigenvalue weighted by Gasteiger charge is -2.14. The molecule has 0 aliphatic heterocycles. The van der Waals surface area contributed by atoms with E-state index < -0.39 is 15.9 Å². The van der Waals surface area contributed by atoms with E-state index in [4.69, 9.17) is 9.15 Å². The normalized spacial score (nSPS) is 11.1. The average molecular weight is 455 g/mol. The Labute approximate surface area is 191 Å². The molecule has 0 N–H and O–H groups in total. The van der Waals surface area contributed by atoms with Crippen LogP contribution in [0.3, 0.4) is 0 Å². The second kappa shape index (κ2) is 8.28. The van der Waals surface area contributed by atoms with Crippen molar-refractivity contribution in [1.82, 2.24) is 9.55 Å². The molecule has 5 aromatic rings. The first-order valence-electron chi connectivity index (χ1n) is 10.3. The Morgan fingerprint density at radius 3 is 2.53 bits per heavy atom. The van der Waals surface area contributed by atoms with E-state index in [-0.39, 0.29) is 34.5 Å². The largest absolute Gasteiger partial charge is 0.497 e. The summed E-state index contributed by atoms with van der Waals surface area (Å²) in [5, 5.41) is 11.4. The zero-order chi connectivity index (χ0) is 23.8. The number of hydrogen-bond donors (Lipinski definition) is 0. The Hall–Kier alpha value is -4.79. The Bertz CT molecular complexity index is 1690. The lowest BCUT2D eigenvalue weighted by molar-refractivity contribution is -0.384. The maximum atomic E-state index is 13.6. The van der Waals surface area contributed by atoms with Gasteiger partial charge in [0.2, 0.25) is 11.1 Å². The summed E-state index contributed by atoms with van der Waals surface area (Å²) in [5.41, 5.74) is 0.0393. The van der Waals surface area contributed by atoms with E-state index in [1.54, 1.807) is 61.7 Å². The molecule has 0 bridgehead atoms. The predicted molar refractivity (Wildman–Crippen MR) is 126 cm³/mol. The molecule has 9 heteroatoms. The summed E-state index contributed by atoms with van der Waals surface area (Å²) in [6, 6.07) is 19.5. The Kier molecular flexibility index (Phi) is 5.14. The summed E-state index contributed by atoms with van der Waals surface area (Å²) in [5.74, 6) is 0.800. The highest BCUT2D eigenvalue weighted by molar-refractivity contribution is 5.88. The van der Waals surface area contributed by atoms with Gasteiger partial charge in [-0.15, -0.1) is 0 Å². The van der Waals surface area contributed by atoms with E-state index in [1.807, 2.05) is 0 Å². The molecule has 0 radical (unpaired) electrons. The quantitative estimate of drug-likeness (QED) is 0.222. The van der Waals surface area contributed by atoms with Crippen LogP contribution in [-0.4, -0.2) is 21.6 Å². The molecule has 5 rings (SSSR count). The van der Waals surface area contributed by atoms with Gasteiger partial charge in [0, 0.05) is 17.7 Å². The monoisotopic (exact) mass is 455 g/mol. The fourth-order valence-corrected chi connectivity index (χ4v) is 3.82. The third-order valence-corrected chi connectivity index (χ3v) is 5.52. The maximum absolute atomic E-state index is 13.6. The molecule has 0 saturated heterocycles. The molecular weight excluding hydrogens is 438 g/mol. The minimum atomic E-state index is -0.596. The predicted octanol–water partition coefficient (Wildman–Crippen LogP) is 4.14. The SMILES string of the molecule is COc1ccc(Cn2c(-c3cccc([N+](=O)[O-])c3)nc3oc4ccccc4c(=O)c3c2=O)cc1. The van der Waals surface area contributed by atoms with Gasteiger partial charge in [0.1, 0.15) is 17.2 Å². The highest BCUT2D eigenvalue weighted by Gasteiger charge is 2.20. The molecule has 0 saturated carbocycles. The first kappa shape index (κ1) is 21.1. The molecule has 3 aromatic carbocycles. The number of non-ortho nitro benzene ring substituents is 1. The lowest BCUT2D eigenvalue weighted by Crippen LogP contribution is -2.28. The smallest absolute Gasteiger partial charge is 0.270 e. The minimum absolute atomic E-state index is 0.0794. The van der Waals surface area contributed by atoms with E-state index >= 15 is 0 Å². The standard InChI is InChI=1S/C25H17N3O6/c1-33-18-11-9-15(10-12-18)14-27-23(16-5-4-6-17(13-16)28(31)32)26-24-21(25(27)30)22(29)19-7-2-3-8-20(19)34-24/h2-13H,14H2,1H3.